The number of oxime groups is 2. The molecule has 0 saturated carbocycles. The zero-order chi connectivity index (χ0) is 29.8. The van der Waals surface area contributed by atoms with Crippen molar-refractivity contribution >= 4 is 23.0 Å². The average Bonchev–Trinajstić information content (AvgIpc) is 2.97. The van der Waals surface area contributed by atoms with Crippen LogP contribution in [0.2, 0.25) is 0 Å². The van der Waals surface area contributed by atoms with Crippen LogP contribution < -0.4 is 4.74 Å². The second-order valence-corrected chi connectivity index (χ2v) is 8.50. The number of ether oxygens (including phenoxy) is 3. The maximum Gasteiger partial charge on any atom is 0.416 e. The van der Waals surface area contributed by atoms with Crippen molar-refractivity contribution in [1.82, 2.24) is 0 Å². The minimum atomic E-state index is -4.42. The summed E-state index contributed by atoms with van der Waals surface area (Å²) < 4.78 is 54.4. The highest BCUT2D eigenvalue weighted by atomic mass is 19.4. The summed E-state index contributed by atoms with van der Waals surface area (Å²) in [5.41, 5.74) is 2.56. The molecular weight excluding hydrogens is 541 g/mol. The standard InChI is InChI=1S/C30H29F3N2O6/c1-20(34-41-18-23-9-5-6-11-26(23)27(19-37-2)29(36)38-3)28(35-39-4)22-12-14-25(15-13-22)40-17-21-8-7-10-24(16-21)30(31,32)33/h5-16,19H,17-18H2,1-4H3. The molecule has 0 aliphatic heterocycles. The molecule has 3 aromatic carbocycles. The number of hydrogen-bond donors (Lipinski definition) is 0. The Morgan fingerprint density at radius 2 is 1.63 bits per heavy atom. The predicted molar refractivity (Wildman–Crippen MR) is 147 cm³/mol. The van der Waals surface area contributed by atoms with Crippen LogP contribution in [-0.4, -0.2) is 38.7 Å². The van der Waals surface area contributed by atoms with Crippen LogP contribution in [0.1, 0.15) is 34.7 Å². The van der Waals surface area contributed by atoms with Crippen molar-refractivity contribution in [2.45, 2.75) is 26.3 Å². The molecular formula is C30H29F3N2O6. The van der Waals surface area contributed by atoms with E-state index in [2.05, 4.69) is 10.3 Å². The van der Waals surface area contributed by atoms with Crippen molar-refractivity contribution in [2.75, 3.05) is 21.3 Å². The van der Waals surface area contributed by atoms with E-state index in [1.807, 2.05) is 0 Å². The third kappa shape index (κ3) is 8.59. The van der Waals surface area contributed by atoms with Gasteiger partial charge in [-0.05, 0) is 54.4 Å². The molecule has 3 rings (SSSR count). The van der Waals surface area contributed by atoms with Crippen LogP contribution in [-0.2, 0) is 43.3 Å². The van der Waals surface area contributed by atoms with Gasteiger partial charge in [-0.1, -0.05) is 46.7 Å². The Morgan fingerprint density at radius 3 is 2.29 bits per heavy atom. The first kappa shape index (κ1) is 30.7. The molecule has 0 radical (unpaired) electrons. The lowest BCUT2D eigenvalue weighted by atomic mass is 10.0. The van der Waals surface area contributed by atoms with E-state index in [1.165, 1.54) is 33.7 Å². The van der Waals surface area contributed by atoms with Gasteiger partial charge in [-0.3, -0.25) is 0 Å². The molecule has 8 nitrogen and oxygen atoms in total. The molecule has 0 aromatic heterocycles. The number of hydrogen-bond acceptors (Lipinski definition) is 8. The summed E-state index contributed by atoms with van der Waals surface area (Å²) in [4.78, 5) is 22.8. The minimum absolute atomic E-state index is 0.0324. The Hall–Kier alpha value is -4.80. The van der Waals surface area contributed by atoms with Crippen LogP contribution in [0.3, 0.4) is 0 Å². The summed E-state index contributed by atoms with van der Waals surface area (Å²) in [5.74, 6) is -0.105. The summed E-state index contributed by atoms with van der Waals surface area (Å²) in [6.07, 6.45) is -3.12. The number of carbonyl (C=O) groups is 1. The molecule has 0 aliphatic carbocycles. The van der Waals surface area contributed by atoms with E-state index in [0.29, 0.717) is 39.4 Å². The van der Waals surface area contributed by atoms with Crippen molar-refractivity contribution < 1.29 is 41.9 Å². The highest BCUT2D eigenvalue weighted by Gasteiger charge is 2.30. The van der Waals surface area contributed by atoms with Crippen LogP contribution in [0, 0.1) is 0 Å². The fraction of sp³-hybridized carbons (Fsp3) is 0.233. The van der Waals surface area contributed by atoms with Gasteiger partial charge < -0.3 is 23.9 Å². The molecule has 0 N–H and O–H groups in total. The Kier molecular flexibility index (Phi) is 10.9. The van der Waals surface area contributed by atoms with Gasteiger partial charge in [0.25, 0.3) is 0 Å². The number of benzene rings is 3. The monoisotopic (exact) mass is 570 g/mol. The van der Waals surface area contributed by atoms with Gasteiger partial charge in [0, 0.05) is 11.1 Å². The molecule has 0 atom stereocenters. The smallest absolute Gasteiger partial charge is 0.416 e. The van der Waals surface area contributed by atoms with Gasteiger partial charge >= 0.3 is 12.1 Å². The van der Waals surface area contributed by atoms with Gasteiger partial charge in [-0.2, -0.15) is 13.2 Å². The summed E-state index contributed by atoms with van der Waals surface area (Å²) in [6.45, 7) is 1.69. The second kappa shape index (κ2) is 14.5. The van der Waals surface area contributed by atoms with E-state index < -0.39 is 17.7 Å². The summed E-state index contributed by atoms with van der Waals surface area (Å²) in [7, 11) is 4.11. The molecule has 0 aliphatic rings. The zero-order valence-corrected chi connectivity index (χ0v) is 22.9. The average molecular weight is 571 g/mol. The highest BCUT2D eigenvalue weighted by Crippen LogP contribution is 2.30. The number of carbonyl (C=O) groups excluding carboxylic acids is 1. The lowest BCUT2D eigenvalue weighted by Crippen LogP contribution is -2.13. The number of nitrogens with zero attached hydrogens (tertiary/aromatic N) is 2. The van der Waals surface area contributed by atoms with E-state index in [9.17, 15) is 18.0 Å². The Morgan fingerprint density at radius 1 is 0.902 bits per heavy atom. The highest BCUT2D eigenvalue weighted by molar-refractivity contribution is 6.47. The predicted octanol–water partition coefficient (Wildman–Crippen LogP) is 6.39. The van der Waals surface area contributed by atoms with Gasteiger partial charge in [0.1, 0.15) is 43.1 Å². The minimum Gasteiger partial charge on any atom is -0.503 e. The largest absolute Gasteiger partial charge is 0.503 e. The van der Waals surface area contributed by atoms with E-state index in [-0.39, 0.29) is 18.8 Å². The van der Waals surface area contributed by atoms with E-state index in [0.717, 1.165) is 12.1 Å². The lowest BCUT2D eigenvalue weighted by Gasteiger charge is -2.12. The van der Waals surface area contributed by atoms with Crippen molar-refractivity contribution in [3.8, 4) is 5.75 Å². The van der Waals surface area contributed by atoms with Crippen molar-refractivity contribution in [3.63, 3.8) is 0 Å². The zero-order valence-electron chi connectivity index (χ0n) is 22.9. The van der Waals surface area contributed by atoms with Crippen molar-refractivity contribution in [1.29, 1.82) is 0 Å². The Balaban J connectivity index is 1.70. The fourth-order valence-electron chi connectivity index (χ4n) is 3.73. The van der Waals surface area contributed by atoms with Crippen LogP contribution >= 0.6 is 0 Å². The van der Waals surface area contributed by atoms with E-state index >= 15 is 0 Å². The molecule has 41 heavy (non-hydrogen) atoms. The first-order valence-electron chi connectivity index (χ1n) is 12.2. The first-order chi connectivity index (χ1) is 19.7. The normalized spacial score (nSPS) is 12.5. The number of halogens is 3. The van der Waals surface area contributed by atoms with Gasteiger partial charge in [0.15, 0.2) is 0 Å². The van der Waals surface area contributed by atoms with E-state index in [1.54, 1.807) is 61.5 Å². The Bertz CT molecular complexity index is 1420. The fourth-order valence-corrected chi connectivity index (χ4v) is 3.73. The Labute approximate surface area is 235 Å². The molecule has 11 heteroatoms. The van der Waals surface area contributed by atoms with Crippen molar-refractivity contribution in [2.24, 2.45) is 10.3 Å². The van der Waals surface area contributed by atoms with Crippen molar-refractivity contribution in [3.05, 3.63) is 107 Å². The van der Waals surface area contributed by atoms with Crippen LogP contribution in [0.15, 0.2) is 89.4 Å². The topological polar surface area (TPSA) is 87.9 Å². The molecule has 3 aromatic rings. The quantitative estimate of drug-likeness (QED) is 0.0825. The van der Waals surface area contributed by atoms with E-state index in [4.69, 9.17) is 23.9 Å². The molecule has 0 bridgehead atoms. The maximum atomic E-state index is 13.0. The number of methoxy groups -OCH3 is 2. The SMILES string of the molecule is COC=C(C(=O)OC)c1ccccc1CON=C(C)C(=NOC)c1ccc(OCc2cccc(C(F)(F)F)c2)cc1. The lowest BCUT2D eigenvalue weighted by molar-refractivity contribution is -0.137. The summed E-state index contributed by atoms with van der Waals surface area (Å²) in [5, 5.41) is 8.22. The van der Waals surface area contributed by atoms with Crippen LogP contribution in [0.25, 0.3) is 5.57 Å². The molecule has 0 fully saturated rings. The van der Waals surface area contributed by atoms with Gasteiger partial charge in [-0.25, -0.2) is 4.79 Å². The number of alkyl halides is 3. The van der Waals surface area contributed by atoms with Crippen LogP contribution in [0.5, 0.6) is 5.75 Å². The second-order valence-electron chi connectivity index (χ2n) is 8.50. The molecule has 0 heterocycles. The third-order valence-corrected chi connectivity index (χ3v) is 5.68. The molecule has 216 valence electrons. The maximum absolute atomic E-state index is 13.0. The van der Waals surface area contributed by atoms with Gasteiger partial charge in [0.2, 0.25) is 0 Å². The molecule has 0 saturated heterocycles. The summed E-state index contributed by atoms with van der Waals surface area (Å²) in [6, 6.07) is 18.8. The van der Waals surface area contributed by atoms with Gasteiger partial charge in [0.05, 0.1) is 26.0 Å². The third-order valence-electron chi connectivity index (χ3n) is 5.68. The number of rotatable bonds is 12. The molecule has 0 amide bonds. The number of esters is 1. The summed E-state index contributed by atoms with van der Waals surface area (Å²) >= 11 is 0. The molecule has 0 spiro atoms. The first-order valence-corrected chi connectivity index (χ1v) is 12.2. The van der Waals surface area contributed by atoms with Crippen LogP contribution in [0.4, 0.5) is 13.2 Å². The molecule has 0 unspecified atom stereocenters. The van der Waals surface area contributed by atoms with Gasteiger partial charge in [-0.15, -0.1) is 0 Å².